The summed E-state index contributed by atoms with van der Waals surface area (Å²) in [6.07, 6.45) is 1.58. The zero-order chi connectivity index (χ0) is 23.0. The van der Waals surface area contributed by atoms with Gasteiger partial charge in [-0.15, -0.1) is 0 Å². The molecule has 168 valence electrons. The first kappa shape index (κ1) is 22.4. The number of aromatic nitrogens is 2. The van der Waals surface area contributed by atoms with Gasteiger partial charge in [-0.3, -0.25) is 4.79 Å². The van der Waals surface area contributed by atoms with Crippen LogP contribution in [0.3, 0.4) is 0 Å². The van der Waals surface area contributed by atoms with Gasteiger partial charge in [-0.2, -0.15) is 5.10 Å². The number of hydrogen-bond donors (Lipinski definition) is 1. The summed E-state index contributed by atoms with van der Waals surface area (Å²) in [7, 11) is 3.54. The van der Waals surface area contributed by atoms with Crippen LogP contribution in [0.2, 0.25) is 0 Å². The summed E-state index contributed by atoms with van der Waals surface area (Å²) in [5.41, 5.74) is 6.34. The lowest BCUT2D eigenvalue weighted by Gasteiger charge is -2.11. The van der Waals surface area contributed by atoms with Crippen LogP contribution in [0.1, 0.15) is 11.1 Å². The summed E-state index contributed by atoms with van der Waals surface area (Å²) in [6.45, 7) is 0.425. The number of carbonyl (C=O) groups excluding carboxylic acids is 1. The van der Waals surface area contributed by atoms with Gasteiger partial charge in [0.25, 0.3) is 5.91 Å². The van der Waals surface area contributed by atoms with Gasteiger partial charge in [-0.05, 0) is 41.5 Å². The number of amides is 1. The third-order valence-electron chi connectivity index (χ3n) is 4.91. The van der Waals surface area contributed by atoms with Gasteiger partial charge in [-0.25, -0.2) is 10.4 Å². The van der Waals surface area contributed by atoms with Gasteiger partial charge in [0.15, 0.2) is 16.7 Å². The van der Waals surface area contributed by atoms with Crippen LogP contribution < -0.4 is 14.9 Å². The molecule has 4 aromatic rings. The zero-order valence-electron chi connectivity index (χ0n) is 18.4. The summed E-state index contributed by atoms with van der Waals surface area (Å²) in [6, 6.07) is 23.3. The second-order valence-electron chi connectivity index (χ2n) is 7.21. The molecule has 3 aromatic carbocycles. The Hall–Kier alpha value is -3.78. The molecule has 0 saturated carbocycles. The van der Waals surface area contributed by atoms with E-state index >= 15 is 0 Å². The van der Waals surface area contributed by atoms with Crippen molar-refractivity contribution in [3.8, 4) is 11.5 Å². The van der Waals surface area contributed by atoms with E-state index in [2.05, 4.69) is 15.5 Å². The minimum atomic E-state index is -0.211. The van der Waals surface area contributed by atoms with Gasteiger partial charge in [0, 0.05) is 7.05 Å². The number of hydrazone groups is 1. The van der Waals surface area contributed by atoms with Gasteiger partial charge >= 0.3 is 0 Å². The van der Waals surface area contributed by atoms with Gasteiger partial charge in [0.1, 0.15) is 6.61 Å². The molecule has 0 bridgehead atoms. The fourth-order valence-corrected chi connectivity index (χ4v) is 4.00. The lowest BCUT2D eigenvalue weighted by Crippen LogP contribution is -2.19. The van der Waals surface area contributed by atoms with Crippen molar-refractivity contribution < 1.29 is 14.3 Å². The maximum atomic E-state index is 12.2. The van der Waals surface area contributed by atoms with E-state index in [9.17, 15) is 4.79 Å². The standard InChI is InChI=1S/C25H24N4O3S/c1-29-21-11-7-6-10-20(21)27-25(29)33-17-24(30)28-26-15-19-12-13-22(31-2)23(14-19)32-16-18-8-4-3-5-9-18/h3-15H,16-17H2,1-2H3,(H,28,30)/b26-15+. The van der Waals surface area contributed by atoms with Crippen molar-refractivity contribution in [3.63, 3.8) is 0 Å². The molecule has 0 aliphatic rings. The number of aryl methyl sites for hydroxylation is 1. The fraction of sp³-hybridized carbons (Fsp3) is 0.160. The van der Waals surface area contributed by atoms with Crippen molar-refractivity contribution in [2.45, 2.75) is 11.8 Å². The van der Waals surface area contributed by atoms with E-state index in [-0.39, 0.29) is 11.7 Å². The highest BCUT2D eigenvalue weighted by Gasteiger charge is 2.10. The molecular weight excluding hydrogens is 436 g/mol. The third kappa shape index (κ3) is 5.72. The number of nitrogens with one attached hydrogen (secondary N) is 1. The Balaban J connectivity index is 1.33. The second kappa shape index (κ2) is 10.7. The molecule has 4 rings (SSSR count). The quantitative estimate of drug-likeness (QED) is 0.228. The highest BCUT2D eigenvalue weighted by Crippen LogP contribution is 2.28. The minimum Gasteiger partial charge on any atom is -0.493 e. The Labute approximate surface area is 196 Å². The summed E-state index contributed by atoms with van der Waals surface area (Å²) in [5, 5.41) is 4.86. The number of methoxy groups -OCH3 is 1. The van der Waals surface area contributed by atoms with Gasteiger partial charge < -0.3 is 14.0 Å². The molecule has 7 nitrogen and oxygen atoms in total. The molecule has 0 aliphatic heterocycles. The van der Waals surface area contributed by atoms with Gasteiger partial charge in [-0.1, -0.05) is 54.2 Å². The number of nitrogens with zero attached hydrogens (tertiary/aromatic N) is 3. The van der Waals surface area contributed by atoms with E-state index in [0.717, 1.165) is 27.3 Å². The van der Waals surface area contributed by atoms with Gasteiger partial charge in [0.05, 0.1) is 30.1 Å². The van der Waals surface area contributed by atoms with Gasteiger partial charge in [0.2, 0.25) is 0 Å². The van der Waals surface area contributed by atoms with E-state index in [1.807, 2.05) is 84.4 Å². The molecule has 0 atom stereocenters. The van der Waals surface area contributed by atoms with Crippen LogP contribution in [0.4, 0.5) is 0 Å². The summed E-state index contributed by atoms with van der Waals surface area (Å²) in [5.74, 6) is 1.24. The number of para-hydroxylation sites is 2. The summed E-state index contributed by atoms with van der Waals surface area (Å²) < 4.78 is 13.3. The van der Waals surface area contributed by atoms with Crippen LogP contribution in [0, 0.1) is 0 Å². The van der Waals surface area contributed by atoms with Crippen molar-refractivity contribution in [2.24, 2.45) is 12.1 Å². The predicted octanol–water partition coefficient (Wildman–Crippen LogP) is 4.40. The number of rotatable bonds is 9. The molecule has 0 fully saturated rings. The molecule has 8 heteroatoms. The third-order valence-corrected chi connectivity index (χ3v) is 5.94. The zero-order valence-corrected chi connectivity index (χ0v) is 19.2. The van der Waals surface area contributed by atoms with E-state index in [4.69, 9.17) is 9.47 Å². The SMILES string of the molecule is COc1ccc(/C=N/NC(=O)CSc2nc3ccccc3n2C)cc1OCc1ccccc1. The normalized spacial score (nSPS) is 11.1. The van der Waals surface area contributed by atoms with Crippen molar-refractivity contribution >= 4 is 34.9 Å². The molecule has 1 heterocycles. The average Bonchev–Trinajstić information content (AvgIpc) is 3.17. The molecule has 1 aromatic heterocycles. The van der Waals surface area contributed by atoms with Crippen LogP contribution >= 0.6 is 11.8 Å². The molecule has 1 N–H and O–H groups in total. The number of benzene rings is 3. The largest absolute Gasteiger partial charge is 0.493 e. The molecule has 0 saturated heterocycles. The fourth-order valence-electron chi connectivity index (χ4n) is 3.22. The number of fused-ring (bicyclic) bond motifs is 1. The molecule has 0 unspecified atom stereocenters. The van der Waals surface area contributed by atoms with E-state index in [1.165, 1.54) is 11.8 Å². The number of thioether (sulfide) groups is 1. The summed E-state index contributed by atoms with van der Waals surface area (Å²) >= 11 is 1.37. The Bertz CT molecular complexity index is 1270. The first-order valence-electron chi connectivity index (χ1n) is 10.3. The van der Waals surface area contributed by atoms with Crippen molar-refractivity contribution in [1.29, 1.82) is 0 Å². The van der Waals surface area contributed by atoms with Crippen LogP contribution in [0.25, 0.3) is 11.0 Å². The number of ether oxygens (including phenoxy) is 2. The Morgan fingerprint density at radius 2 is 1.88 bits per heavy atom. The van der Waals surface area contributed by atoms with Crippen LogP contribution in [0.5, 0.6) is 11.5 Å². The minimum absolute atomic E-state index is 0.211. The number of carbonyl (C=O) groups is 1. The van der Waals surface area contributed by atoms with Crippen molar-refractivity contribution in [2.75, 3.05) is 12.9 Å². The Morgan fingerprint density at radius 3 is 2.67 bits per heavy atom. The van der Waals surface area contributed by atoms with E-state index < -0.39 is 0 Å². The monoisotopic (exact) mass is 460 g/mol. The van der Waals surface area contributed by atoms with Crippen LogP contribution in [0.15, 0.2) is 83.1 Å². The first-order valence-corrected chi connectivity index (χ1v) is 11.3. The maximum Gasteiger partial charge on any atom is 0.250 e. The average molecular weight is 461 g/mol. The lowest BCUT2D eigenvalue weighted by atomic mass is 10.2. The van der Waals surface area contributed by atoms with Crippen molar-refractivity contribution in [3.05, 3.63) is 83.9 Å². The van der Waals surface area contributed by atoms with E-state index in [0.29, 0.717) is 18.1 Å². The molecule has 0 aliphatic carbocycles. The van der Waals surface area contributed by atoms with Crippen molar-refractivity contribution in [1.82, 2.24) is 15.0 Å². The molecule has 1 amide bonds. The van der Waals surface area contributed by atoms with Crippen LogP contribution in [-0.4, -0.2) is 34.5 Å². The molecule has 0 spiro atoms. The molecular formula is C25H24N4O3S. The predicted molar refractivity (Wildman–Crippen MR) is 131 cm³/mol. The summed E-state index contributed by atoms with van der Waals surface area (Å²) in [4.78, 5) is 16.8. The first-order chi connectivity index (χ1) is 16.1. The van der Waals surface area contributed by atoms with E-state index in [1.54, 1.807) is 13.3 Å². The second-order valence-corrected chi connectivity index (χ2v) is 8.15. The van der Waals surface area contributed by atoms with Crippen LogP contribution in [-0.2, 0) is 18.4 Å². The number of hydrogen-bond acceptors (Lipinski definition) is 6. The molecule has 0 radical (unpaired) electrons. The lowest BCUT2D eigenvalue weighted by molar-refractivity contribution is -0.118. The maximum absolute atomic E-state index is 12.2. The Kier molecular flexibility index (Phi) is 7.26. The molecule has 33 heavy (non-hydrogen) atoms. The highest BCUT2D eigenvalue weighted by molar-refractivity contribution is 7.99. The number of imidazole rings is 1. The highest BCUT2D eigenvalue weighted by atomic mass is 32.2. The topological polar surface area (TPSA) is 77.7 Å². The Morgan fingerprint density at radius 1 is 1.09 bits per heavy atom. The smallest absolute Gasteiger partial charge is 0.250 e.